The first-order valence-corrected chi connectivity index (χ1v) is 8.14. The molecule has 0 fully saturated rings. The lowest BCUT2D eigenvalue weighted by molar-refractivity contribution is 0.0285. The number of hydrogen-bond acceptors (Lipinski definition) is 6. The average molecular weight is 322 g/mol. The Morgan fingerprint density at radius 3 is 2.60 bits per heavy atom. The van der Waals surface area contributed by atoms with Crippen molar-refractivity contribution in [2.24, 2.45) is 5.14 Å². The number of nitrogens with two attached hydrogens (primary N) is 1. The summed E-state index contributed by atoms with van der Waals surface area (Å²) < 4.78 is 32.7. The van der Waals surface area contributed by atoms with E-state index in [-0.39, 0.29) is 22.8 Å². The summed E-state index contributed by atoms with van der Waals surface area (Å²) in [6.07, 6.45) is -0.263. The van der Waals surface area contributed by atoms with Crippen LogP contribution >= 0.6 is 11.3 Å². The van der Waals surface area contributed by atoms with E-state index < -0.39 is 10.0 Å². The molecule has 20 heavy (non-hydrogen) atoms. The first-order chi connectivity index (χ1) is 9.31. The summed E-state index contributed by atoms with van der Waals surface area (Å²) in [5, 5.41) is 9.21. The van der Waals surface area contributed by atoms with Gasteiger partial charge in [0.2, 0.25) is 10.0 Å². The van der Waals surface area contributed by atoms with Crippen LogP contribution < -0.4 is 10.5 Å². The van der Waals surface area contributed by atoms with Crippen LogP contribution in [0.1, 0.15) is 15.9 Å². The van der Waals surface area contributed by atoms with E-state index in [4.69, 9.17) is 14.6 Å². The highest BCUT2D eigenvalue weighted by Crippen LogP contribution is 2.25. The van der Waals surface area contributed by atoms with E-state index in [1.54, 1.807) is 6.92 Å². The lowest BCUT2D eigenvalue weighted by Gasteiger charge is -2.14. The van der Waals surface area contributed by atoms with E-state index in [0.717, 1.165) is 11.3 Å². The van der Waals surface area contributed by atoms with Gasteiger partial charge in [-0.05, 0) is 12.5 Å². The molecule has 1 heterocycles. The number of nitrogens with one attached hydrogen (secondary N) is 1. The van der Waals surface area contributed by atoms with Crippen molar-refractivity contribution in [1.29, 1.82) is 0 Å². The molecule has 0 saturated carbocycles. The van der Waals surface area contributed by atoms with Crippen molar-refractivity contribution < 1.29 is 22.7 Å². The second-order valence-electron chi connectivity index (χ2n) is 4.13. The molecule has 0 bridgehead atoms. The molecule has 1 aromatic heterocycles. The molecular weight excluding hydrogens is 304 g/mol. The van der Waals surface area contributed by atoms with Gasteiger partial charge in [-0.1, -0.05) is 0 Å². The zero-order valence-corrected chi connectivity index (χ0v) is 13.1. The summed E-state index contributed by atoms with van der Waals surface area (Å²) in [6.45, 7) is 2.17. The number of sulfonamides is 1. The van der Waals surface area contributed by atoms with Gasteiger partial charge in [0.25, 0.3) is 5.91 Å². The summed E-state index contributed by atoms with van der Waals surface area (Å²) in [6, 6.07) is 0. The molecule has 1 unspecified atom stereocenters. The molecule has 7 nitrogen and oxygen atoms in total. The zero-order chi connectivity index (χ0) is 15.3. The molecule has 0 aliphatic rings. The maximum atomic E-state index is 12.0. The number of methoxy groups -OCH3 is 2. The minimum absolute atomic E-state index is 0.00262. The van der Waals surface area contributed by atoms with Gasteiger partial charge >= 0.3 is 0 Å². The predicted octanol–water partition coefficient (Wildman–Crippen LogP) is 0.0951. The fraction of sp³-hybridized carbons (Fsp3) is 0.545. The normalized spacial score (nSPS) is 13.2. The molecule has 0 aromatic carbocycles. The molecule has 1 amide bonds. The highest BCUT2D eigenvalue weighted by molar-refractivity contribution is 7.91. The Kier molecular flexibility index (Phi) is 6.08. The van der Waals surface area contributed by atoms with Gasteiger partial charge in [-0.2, -0.15) is 0 Å². The first kappa shape index (κ1) is 17.1. The van der Waals surface area contributed by atoms with E-state index in [1.807, 2.05) is 0 Å². The molecule has 0 saturated heterocycles. The van der Waals surface area contributed by atoms with E-state index in [2.05, 4.69) is 5.32 Å². The van der Waals surface area contributed by atoms with Crippen molar-refractivity contribution >= 4 is 27.3 Å². The standard InChI is InChI=1S/C11H18N2O5S2/c1-7-9(6-19-11(7)20(12,15)16)10(14)13-4-8(18-3)5-17-2/h6,8H,4-5H2,1-3H3,(H,13,14)(H2,12,15,16). The minimum atomic E-state index is -3.80. The Hall–Kier alpha value is -1.00. The summed E-state index contributed by atoms with van der Waals surface area (Å²) in [5.74, 6) is -0.369. The Morgan fingerprint density at radius 1 is 1.50 bits per heavy atom. The van der Waals surface area contributed by atoms with Crippen LogP contribution in [-0.2, 0) is 19.5 Å². The molecule has 1 rings (SSSR count). The second-order valence-corrected chi connectivity index (χ2v) is 6.77. The number of rotatable bonds is 7. The van der Waals surface area contributed by atoms with E-state index in [0.29, 0.717) is 17.7 Å². The van der Waals surface area contributed by atoms with Crippen LogP contribution in [0.3, 0.4) is 0 Å². The molecule has 114 valence electrons. The maximum Gasteiger partial charge on any atom is 0.252 e. The molecule has 0 radical (unpaired) electrons. The Bertz CT molecular complexity index is 567. The van der Waals surface area contributed by atoms with Crippen molar-refractivity contribution in [2.45, 2.75) is 17.2 Å². The SMILES string of the molecule is COCC(CNC(=O)c1csc(S(N)(=O)=O)c1C)OC. The van der Waals surface area contributed by atoms with Gasteiger partial charge in [-0.15, -0.1) is 11.3 Å². The smallest absolute Gasteiger partial charge is 0.252 e. The van der Waals surface area contributed by atoms with Crippen molar-refractivity contribution in [3.05, 3.63) is 16.5 Å². The summed E-state index contributed by atoms with van der Waals surface area (Å²) >= 11 is 0.932. The summed E-state index contributed by atoms with van der Waals surface area (Å²) in [7, 11) is -0.741. The highest BCUT2D eigenvalue weighted by Gasteiger charge is 2.21. The van der Waals surface area contributed by atoms with Crippen LogP contribution in [0.2, 0.25) is 0 Å². The lowest BCUT2D eigenvalue weighted by Crippen LogP contribution is -2.35. The topological polar surface area (TPSA) is 108 Å². The maximum absolute atomic E-state index is 12.0. The van der Waals surface area contributed by atoms with Gasteiger partial charge in [0, 0.05) is 26.1 Å². The average Bonchev–Trinajstić information content (AvgIpc) is 2.75. The van der Waals surface area contributed by atoms with Crippen molar-refractivity contribution in [3.8, 4) is 0 Å². The number of amides is 1. The van der Waals surface area contributed by atoms with Crippen LogP contribution in [0.25, 0.3) is 0 Å². The molecule has 0 aliphatic carbocycles. The van der Waals surface area contributed by atoms with Crippen LogP contribution in [0.4, 0.5) is 0 Å². The van der Waals surface area contributed by atoms with Crippen LogP contribution in [0, 0.1) is 6.92 Å². The van der Waals surface area contributed by atoms with E-state index >= 15 is 0 Å². The number of carbonyl (C=O) groups is 1. The number of ether oxygens (including phenoxy) is 2. The van der Waals surface area contributed by atoms with E-state index in [9.17, 15) is 13.2 Å². The highest BCUT2D eigenvalue weighted by atomic mass is 32.2. The number of carbonyl (C=O) groups excluding carboxylic acids is 1. The fourth-order valence-electron chi connectivity index (χ4n) is 1.60. The van der Waals surface area contributed by atoms with E-state index in [1.165, 1.54) is 19.6 Å². The van der Waals surface area contributed by atoms with Crippen molar-refractivity contribution in [1.82, 2.24) is 5.32 Å². The monoisotopic (exact) mass is 322 g/mol. The van der Waals surface area contributed by atoms with Gasteiger partial charge in [0.1, 0.15) is 4.21 Å². The third-order valence-corrected chi connectivity index (χ3v) is 5.36. The first-order valence-electron chi connectivity index (χ1n) is 5.72. The zero-order valence-electron chi connectivity index (χ0n) is 11.5. The summed E-state index contributed by atoms with van der Waals surface area (Å²) in [5.41, 5.74) is 0.655. The van der Waals surface area contributed by atoms with Gasteiger partial charge < -0.3 is 14.8 Å². The Morgan fingerprint density at radius 2 is 2.15 bits per heavy atom. The number of primary sulfonamides is 1. The van der Waals surface area contributed by atoms with Gasteiger partial charge in [-0.25, -0.2) is 13.6 Å². The number of hydrogen-bond donors (Lipinski definition) is 2. The van der Waals surface area contributed by atoms with Gasteiger partial charge in [0.15, 0.2) is 0 Å². The predicted molar refractivity (Wildman–Crippen MR) is 75.4 cm³/mol. The fourth-order valence-corrected chi connectivity index (χ4v) is 3.61. The van der Waals surface area contributed by atoms with Crippen LogP contribution in [-0.4, -0.2) is 47.8 Å². The van der Waals surface area contributed by atoms with Gasteiger partial charge in [-0.3, -0.25) is 4.79 Å². The Balaban J connectivity index is 2.77. The molecule has 3 N–H and O–H groups in total. The Labute approximate surface area is 122 Å². The van der Waals surface area contributed by atoms with Crippen LogP contribution in [0.5, 0.6) is 0 Å². The molecule has 0 spiro atoms. The van der Waals surface area contributed by atoms with Gasteiger partial charge in [0.05, 0.1) is 18.3 Å². The third kappa shape index (κ3) is 4.25. The van der Waals surface area contributed by atoms with Crippen molar-refractivity contribution in [3.63, 3.8) is 0 Å². The molecule has 9 heteroatoms. The largest absolute Gasteiger partial charge is 0.382 e. The minimum Gasteiger partial charge on any atom is -0.382 e. The molecule has 0 aliphatic heterocycles. The second kappa shape index (κ2) is 7.14. The quantitative estimate of drug-likeness (QED) is 0.740. The molecule has 1 aromatic rings. The van der Waals surface area contributed by atoms with Crippen LogP contribution in [0.15, 0.2) is 9.59 Å². The third-order valence-electron chi connectivity index (χ3n) is 2.67. The molecule has 1 atom stereocenters. The lowest BCUT2D eigenvalue weighted by atomic mass is 10.2. The number of thiophene rings is 1. The van der Waals surface area contributed by atoms with Crippen molar-refractivity contribution in [2.75, 3.05) is 27.4 Å². The molecular formula is C11H18N2O5S2. The summed E-state index contributed by atoms with van der Waals surface area (Å²) in [4.78, 5) is 12.0.